The minimum Gasteiger partial charge on any atom is -0.497 e. The van der Waals surface area contributed by atoms with E-state index in [1.54, 1.807) is 38.3 Å². The molecule has 3 aromatic rings. The average Bonchev–Trinajstić information content (AvgIpc) is 3.16. The number of carbonyl (C=O) groups is 1. The third-order valence-electron chi connectivity index (χ3n) is 4.22. The van der Waals surface area contributed by atoms with Crippen LogP contribution in [0.25, 0.3) is 11.3 Å². The lowest BCUT2D eigenvalue weighted by molar-refractivity contribution is 0.0988. The minimum absolute atomic E-state index is 0.167. The first kappa shape index (κ1) is 17.5. The van der Waals surface area contributed by atoms with Crippen molar-refractivity contribution < 1.29 is 14.3 Å². The van der Waals surface area contributed by atoms with Gasteiger partial charge in [0, 0.05) is 24.4 Å². The highest BCUT2D eigenvalue weighted by molar-refractivity contribution is 6.05. The van der Waals surface area contributed by atoms with Crippen molar-refractivity contribution in [3.8, 4) is 22.8 Å². The molecule has 134 valence electrons. The SMILES string of the molecule is COc1ccc(-c2cc(C(=O)N(C)c3ccc(C)cc3)[nH]n2)c(OC)c1. The summed E-state index contributed by atoms with van der Waals surface area (Å²) in [6, 6.07) is 15.0. The van der Waals surface area contributed by atoms with Gasteiger partial charge < -0.3 is 14.4 Å². The molecule has 6 heteroatoms. The van der Waals surface area contributed by atoms with Crippen LogP contribution in [0.1, 0.15) is 16.1 Å². The Hall–Kier alpha value is -3.28. The monoisotopic (exact) mass is 351 g/mol. The first-order chi connectivity index (χ1) is 12.5. The number of nitrogens with zero attached hydrogens (tertiary/aromatic N) is 2. The molecule has 3 rings (SSSR count). The topological polar surface area (TPSA) is 67.5 Å². The van der Waals surface area contributed by atoms with E-state index in [1.807, 2.05) is 43.3 Å². The molecule has 1 aromatic heterocycles. The molecular formula is C20H21N3O3. The molecule has 1 N–H and O–H groups in total. The number of H-pyrrole nitrogens is 1. The van der Waals surface area contributed by atoms with Gasteiger partial charge in [-0.3, -0.25) is 9.89 Å². The van der Waals surface area contributed by atoms with E-state index in [1.165, 1.54) is 0 Å². The van der Waals surface area contributed by atoms with Crippen molar-refractivity contribution in [2.45, 2.75) is 6.92 Å². The molecule has 0 aliphatic heterocycles. The second-order valence-corrected chi connectivity index (χ2v) is 5.93. The van der Waals surface area contributed by atoms with Crippen molar-refractivity contribution in [2.75, 3.05) is 26.2 Å². The van der Waals surface area contributed by atoms with Crippen LogP contribution in [-0.2, 0) is 0 Å². The van der Waals surface area contributed by atoms with Crippen LogP contribution >= 0.6 is 0 Å². The van der Waals surface area contributed by atoms with Gasteiger partial charge >= 0.3 is 0 Å². The number of aromatic nitrogens is 2. The van der Waals surface area contributed by atoms with Gasteiger partial charge in [-0.2, -0.15) is 5.10 Å². The molecule has 26 heavy (non-hydrogen) atoms. The van der Waals surface area contributed by atoms with E-state index in [0.717, 1.165) is 16.8 Å². The summed E-state index contributed by atoms with van der Waals surface area (Å²) in [5.74, 6) is 1.15. The molecule has 6 nitrogen and oxygen atoms in total. The lowest BCUT2D eigenvalue weighted by Gasteiger charge is -2.16. The van der Waals surface area contributed by atoms with Gasteiger partial charge in [0.25, 0.3) is 5.91 Å². The number of hydrogen-bond donors (Lipinski definition) is 1. The van der Waals surface area contributed by atoms with E-state index in [9.17, 15) is 4.79 Å². The Morgan fingerprint density at radius 3 is 2.42 bits per heavy atom. The predicted octanol–water partition coefficient (Wildman–Crippen LogP) is 3.68. The highest BCUT2D eigenvalue weighted by Gasteiger charge is 2.18. The third-order valence-corrected chi connectivity index (χ3v) is 4.22. The molecule has 0 unspecified atom stereocenters. The van der Waals surface area contributed by atoms with Gasteiger partial charge in [0.15, 0.2) is 0 Å². The molecule has 0 radical (unpaired) electrons. The quantitative estimate of drug-likeness (QED) is 0.761. The van der Waals surface area contributed by atoms with E-state index >= 15 is 0 Å². The Kier molecular flexibility index (Phi) is 4.93. The number of anilines is 1. The summed E-state index contributed by atoms with van der Waals surface area (Å²) in [7, 11) is 4.92. The van der Waals surface area contributed by atoms with E-state index in [4.69, 9.17) is 9.47 Å². The number of ether oxygens (including phenoxy) is 2. The number of aryl methyl sites for hydroxylation is 1. The number of hydrogen-bond acceptors (Lipinski definition) is 4. The zero-order valence-electron chi connectivity index (χ0n) is 15.2. The maximum absolute atomic E-state index is 12.7. The number of amides is 1. The number of methoxy groups -OCH3 is 2. The summed E-state index contributed by atoms with van der Waals surface area (Å²) in [6.07, 6.45) is 0. The van der Waals surface area contributed by atoms with Gasteiger partial charge in [-0.05, 0) is 37.3 Å². The number of benzene rings is 2. The van der Waals surface area contributed by atoms with Crippen molar-refractivity contribution in [1.82, 2.24) is 10.2 Å². The lowest BCUT2D eigenvalue weighted by atomic mass is 10.1. The number of carbonyl (C=O) groups excluding carboxylic acids is 1. The Morgan fingerprint density at radius 1 is 1.04 bits per heavy atom. The second kappa shape index (κ2) is 7.31. The van der Waals surface area contributed by atoms with Crippen LogP contribution in [0.15, 0.2) is 48.5 Å². The van der Waals surface area contributed by atoms with Crippen molar-refractivity contribution in [1.29, 1.82) is 0 Å². The second-order valence-electron chi connectivity index (χ2n) is 5.93. The number of nitrogens with one attached hydrogen (secondary N) is 1. The molecule has 0 saturated heterocycles. The molecule has 0 fully saturated rings. The van der Waals surface area contributed by atoms with Crippen molar-refractivity contribution >= 4 is 11.6 Å². The first-order valence-corrected chi connectivity index (χ1v) is 8.16. The van der Waals surface area contributed by atoms with Crippen molar-refractivity contribution in [3.05, 3.63) is 59.8 Å². The van der Waals surface area contributed by atoms with E-state index < -0.39 is 0 Å². The lowest BCUT2D eigenvalue weighted by Crippen LogP contribution is -2.26. The van der Waals surface area contributed by atoms with Gasteiger partial charge in [-0.25, -0.2) is 0 Å². The molecule has 2 aromatic carbocycles. The molecule has 0 aliphatic rings. The third kappa shape index (κ3) is 3.39. The van der Waals surface area contributed by atoms with E-state index in [-0.39, 0.29) is 5.91 Å². The average molecular weight is 351 g/mol. The zero-order chi connectivity index (χ0) is 18.7. The highest BCUT2D eigenvalue weighted by Crippen LogP contribution is 2.32. The molecule has 0 saturated carbocycles. The first-order valence-electron chi connectivity index (χ1n) is 8.16. The summed E-state index contributed by atoms with van der Waals surface area (Å²) < 4.78 is 10.6. The largest absolute Gasteiger partial charge is 0.497 e. The van der Waals surface area contributed by atoms with E-state index in [0.29, 0.717) is 22.9 Å². The smallest absolute Gasteiger partial charge is 0.276 e. The summed E-state index contributed by atoms with van der Waals surface area (Å²) in [4.78, 5) is 14.3. The van der Waals surface area contributed by atoms with Crippen LogP contribution < -0.4 is 14.4 Å². The Labute approximate surface area is 152 Å². The number of aromatic amines is 1. The summed E-state index contributed by atoms with van der Waals surface area (Å²) in [5, 5.41) is 7.09. The van der Waals surface area contributed by atoms with Crippen LogP contribution in [0.2, 0.25) is 0 Å². The predicted molar refractivity (Wildman–Crippen MR) is 101 cm³/mol. The van der Waals surface area contributed by atoms with Crippen LogP contribution in [0, 0.1) is 6.92 Å². The zero-order valence-corrected chi connectivity index (χ0v) is 15.2. The van der Waals surface area contributed by atoms with Crippen molar-refractivity contribution in [2.24, 2.45) is 0 Å². The van der Waals surface area contributed by atoms with Crippen molar-refractivity contribution in [3.63, 3.8) is 0 Å². The molecule has 0 spiro atoms. The van der Waals surface area contributed by atoms with Crippen LogP contribution in [0.5, 0.6) is 11.5 Å². The summed E-state index contributed by atoms with van der Waals surface area (Å²) in [6.45, 7) is 2.01. The molecule has 0 atom stereocenters. The summed E-state index contributed by atoms with van der Waals surface area (Å²) in [5.41, 5.74) is 3.77. The Balaban J connectivity index is 1.87. The van der Waals surface area contributed by atoms with E-state index in [2.05, 4.69) is 10.2 Å². The minimum atomic E-state index is -0.167. The standard InChI is InChI=1S/C20H21N3O3/c1-13-5-7-14(8-6-13)23(2)20(24)18-12-17(21-22-18)16-10-9-15(25-3)11-19(16)26-4/h5-12H,1-4H3,(H,21,22). The normalized spacial score (nSPS) is 10.5. The highest BCUT2D eigenvalue weighted by atomic mass is 16.5. The Bertz CT molecular complexity index is 916. The summed E-state index contributed by atoms with van der Waals surface area (Å²) >= 11 is 0. The van der Waals surface area contributed by atoms with Crippen LogP contribution in [0.4, 0.5) is 5.69 Å². The molecule has 1 amide bonds. The fourth-order valence-electron chi connectivity index (χ4n) is 2.65. The number of rotatable bonds is 5. The van der Waals surface area contributed by atoms with Gasteiger partial charge in [0.05, 0.1) is 19.9 Å². The maximum Gasteiger partial charge on any atom is 0.276 e. The molecule has 1 heterocycles. The van der Waals surface area contributed by atoms with Gasteiger partial charge in [0.1, 0.15) is 17.2 Å². The molecular weight excluding hydrogens is 330 g/mol. The van der Waals surface area contributed by atoms with Gasteiger partial charge in [-0.1, -0.05) is 17.7 Å². The van der Waals surface area contributed by atoms with Crippen LogP contribution in [-0.4, -0.2) is 37.4 Å². The fraction of sp³-hybridized carbons (Fsp3) is 0.200. The fourth-order valence-corrected chi connectivity index (χ4v) is 2.65. The molecule has 0 bridgehead atoms. The maximum atomic E-state index is 12.7. The van der Waals surface area contributed by atoms with Gasteiger partial charge in [0.2, 0.25) is 0 Å². The van der Waals surface area contributed by atoms with Gasteiger partial charge in [-0.15, -0.1) is 0 Å². The molecule has 0 aliphatic carbocycles. The van der Waals surface area contributed by atoms with Crippen LogP contribution in [0.3, 0.4) is 0 Å². The Morgan fingerprint density at radius 2 is 1.77 bits per heavy atom.